The Morgan fingerprint density at radius 1 is 0.548 bits per heavy atom. The van der Waals surface area contributed by atoms with E-state index in [1.165, 1.54) is 32.7 Å². The predicted molar refractivity (Wildman–Crippen MR) is 173 cm³/mol. The maximum Gasteiger partial charge on any atom is 0.104 e. The molecule has 0 aliphatic carbocycles. The van der Waals surface area contributed by atoms with E-state index < -0.39 is 0 Å². The van der Waals surface area contributed by atoms with Crippen LogP contribution >= 0.6 is 0 Å². The zero-order chi connectivity index (χ0) is 28.4. The third kappa shape index (κ3) is 3.51. The van der Waals surface area contributed by atoms with Crippen molar-refractivity contribution < 1.29 is 0 Å². The molecule has 5 aromatic carbocycles. The molecule has 8 rings (SSSR count). The second-order valence-electron chi connectivity index (χ2n) is 11.0. The van der Waals surface area contributed by atoms with Crippen LogP contribution in [0.25, 0.3) is 66.1 Å². The van der Waals surface area contributed by atoms with Gasteiger partial charge in [-0.05, 0) is 74.0 Å². The van der Waals surface area contributed by atoms with Gasteiger partial charge in [0.1, 0.15) is 11.6 Å². The van der Waals surface area contributed by atoms with Crippen LogP contribution in [0.5, 0.6) is 0 Å². The largest absolute Gasteiger partial charge is 0.308 e. The molecular formula is C38H26N4. The molecule has 3 aromatic heterocycles. The number of hydrogen-bond donors (Lipinski definition) is 0. The van der Waals surface area contributed by atoms with Gasteiger partial charge in [0.25, 0.3) is 0 Å². The van der Waals surface area contributed by atoms with Crippen LogP contribution in [0.4, 0.5) is 0 Å². The van der Waals surface area contributed by atoms with Gasteiger partial charge in [-0.3, -0.25) is 4.98 Å². The first-order valence-electron chi connectivity index (χ1n) is 14.1. The summed E-state index contributed by atoms with van der Waals surface area (Å²) in [6.07, 6.45) is 3.68. The van der Waals surface area contributed by atoms with E-state index in [1.807, 2.05) is 12.3 Å². The molecule has 8 aromatic rings. The Bertz CT molecular complexity index is 2240. The Labute approximate surface area is 243 Å². The minimum absolute atomic E-state index is 0.620. The molecule has 0 radical (unpaired) electrons. The lowest BCUT2D eigenvalue weighted by molar-refractivity contribution is 1.12. The van der Waals surface area contributed by atoms with Crippen molar-refractivity contribution in [1.29, 1.82) is 5.26 Å². The maximum absolute atomic E-state index is 10.9. The van der Waals surface area contributed by atoms with Crippen molar-refractivity contribution in [2.45, 2.75) is 13.8 Å². The molecule has 0 aliphatic heterocycles. The van der Waals surface area contributed by atoms with Crippen LogP contribution < -0.4 is 0 Å². The van der Waals surface area contributed by atoms with Gasteiger partial charge in [-0.2, -0.15) is 5.26 Å². The molecule has 42 heavy (non-hydrogen) atoms. The molecule has 0 saturated heterocycles. The first-order chi connectivity index (χ1) is 20.6. The van der Waals surface area contributed by atoms with Gasteiger partial charge in [0.2, 0.25) is 0 Å². The van der Waals surface area contributed by atoms with E-state index in [0.29, 0.717) is 5.56 Å². The average molecular weight is 539 g/mol. The fourth-order valence-corrected chi connectivity index (χ4v) is 6.47. The molecule has 0 spiro atoms. The summed E-state index contributed by atoms with van der Waals surface area (Å²) in [7, 11) is 0. The van der Waals surface area contributed by atoms with Gasteiger partial charge in [0.05, 0.1) is 33.4 Å². The molecule has 0 aliphatic rings. The van der Waals surface area contributed by atoms with Crippen LogP contribution in [0.3, 0.4) is 0 Å². The number of rotatable bonds is 3. The second-order valence-corrected chi connectivity index (χ2v) is 11.0. The first kappa shape index (κ1) is 24.2. The monoisotopic (exact) mass is 538 g/mol. The Morgan fingerprint density at radius 3 is 1.57 bits per heavy atom. The maximum atomic E-state index is 10.9. The van der Waals surface area contributed by atoms with Crippen molar-refractivity contribution in [2.75, 3.05) is 0 Å². The minimum Gasteiger partial charge on any atom is -0.308 e. The molecule has 4 heteroatoms. The molecule has 0 atom stereocenters. The van der Waals surface area contributed by atoms with E-state index in [2.05, 4.69) is 137 Å². The Hall–Kier alpha value is -5.66. The second kappa shape index (κ2) is 9.19. The SMILES string of the molecule is Cc1ccc2c(c1)c1ccccc1n2-c1cc(-c2cccnc2)cc(-n2c3ccccc3c3cc(C)ccc32)c1C#N. The molecule has 0 bridgehead atoms. The summed E-state index contributed by atoms with van der Waals surface area (Å²) in [4.78, 5) is 4.43. The zero-order valence-corrected chi connectivity index (χ0v) is 23.3. The highest BCUT2D eigenvalue weighted by atomic mass is 15.0. The number of nitriles is 1. The number of aryl methyl sites for hydroxylation is 2. The fourth-order valence-electron chi connectivity index (χ4n) is 6.47. The van der Waals surface area contributed by atoms with Crippen LogP contribution in [-0.4, -0.2) is 14.1 Å². The van der Waals surface area contributed by atoms with Gasteiger partial charge >= 0.3 is 0 Å². The van der Waals surface area contributed by atoms with Crippen molar-refractivity contribution in [3.63, 3.8) is 0 Å². The van der Waals surface area contributed by atoms with E-state index >= 15 is 0 Å². The standard InChI is InChI=1S/C38H26N4/c1-24-13-15-35-30(18-24)28-9-3-5-11-33(28)41(35)37-20-27(26-8-7-17-40-23-26)21-38(32(37)22-39)42-34-12-6-4-10-29(34)31-19-25(2)14-16-36(31)42/h3-21,23H,1-2H3. The van der Waals surface area contributed by atoms with Crippen LogP contribution in [0.2, 0.25) is 0 Å². The average Bonchev–Trinajstić information content (AvgIpc) is 3.53. The summed E-state index contributed by atoms with van der Waals surface area (Å²) in [5.74, 6) is 0. The van der Waals surface area contributed by atoms with Crippen LogP contribution in [0.1, 0.15) is 16.7 Å². The summed E-state index contributed by atoms with van der Waals surface area (Å²) >= 11 is 0. The van der Waals surface area contributed by atoms with Gasteiger partial charge in [-0.25, -0.2) is 0 Å². The van der Waals surface area contributed by atoms with Gasteiger partial charge in [0, 0.05) is 39.5 Å². The van der Waals surface area contributed by atoms with E-state index in [-0.39, 0.29) is 0 Å². The number of fused-ring (bicyclic) bond motifs is 6. The van der Waals surface area contributed by atoms with Crippen molar-refractivity contribution in [2.24, 2.45) is 0 Å². The number of nitrogens with zero attached hydrogens (tertiary/aromatic N) is 4. The number of para-hydroxylation sites is 2. The summed E-state index contributed by atoms with van der Waals surface area (Å²) in [5.41, 5.74) is 11.0. The predicted octanol–water partition coefficient (Wildman–Crippen LogP) is 9.43. The molecule has 198 valence electrons. The van der Waals surface area contributed by atoms with Crippen molar-refractivity contribution >= 4 is 43.6 Å². The smallest absolute Gasteiger partial charge is 0.104 e. The van der Waals surface area contributed by atoms with Crippen molar-refractivity contribution in [1.82, 2.24) is 14.1 Å². The molecule has 3 heterocycles. The topological polar surface area (TPSA) is 46.5 Å². The Morgan fingerprint density at radius 2 is 1.07 bits per heavy atom. The molecule has 0 unspecified atom stereocenters. The molecule has 0 fully saturated rings. The molecule has 0 saturated carbocycles. The molecular weight excluding hydrogens is 512 g/mol. The van der Waals surface area contributed by atoms with E-state index in [4.69, 9.17) is 0 Å². The fraction of sp³-hybridized carbons (Fsp3) is 0.0526. The summed E-state index contributed by atoms with van der Waals surface area (Å²) in [6.45, 7) is 4.24. The van der Waals surface area contributed by atoms with Crippen LogP contribution in [-0.2, 0) is 0 Å². The normalized spacial score (nSPS) is 11.5. The lowest BCUT2D eigenvalue weighted by Crippen LogP contribution is -2.05. The third-order valence-corrected chi connectivity index (χ3v) is 8.34. The molecule has 0 amide bonds. The van der Waals surface area contributed by atoms with E-state index in [1.54, 1.807) is 6.20 Å². The van der Waals surface area contributed by atoms with Gasteiger partial charge in [-0.15, -0.1) is 0 Å². The first-order valence-corrected chi connectivity index (χ1v) is 14.1. The van der Waals surface area contributed by atoms with Gasteiger partial charge in [0.15, 0.2) is 0 Å². The number of benzene rings is 5. The summed E-state index contributed by atoms with van der Waals surface area (Å²) in [6, 6.07) is 41.0. The van der Waals surface area contributed by atoms with Crippen LogP contribution in [0.15, 0.2) is 122 Å². The highest BCUT2D eigenvalue weighted by Gasteiger charge is 2.22. The lowest BCUT2D eigenvalue weighted by atomic mass is 10.0. The molecule has 0 N–H and O–H groups in total. The number of aromatic nitrogens is 3. The van der Waals surface area contributed by atoms with Gasteiger partial charge in [-0.1, -0.05) is 65.7 Å². The quantitative estimate of drug-likeness (QED) is 0.225. The van der Waals surface area contributed by atoms with Crippen molar-refractivity contribution in [3.05, 3.63) is 138 Å². The van der Waals surface area contributed by atoms with Crippen molar-refractivity contribution in [3.8, 4) is 28.6 Å². The molecule has 4 nitrogen and oxygen atoms in total. The lowest BCUT2D eigenvalue weighted by Gasteiger charge is -2.18. The zero-order valence-electron chi connectivity index (χ0n) is 23.3. The number of hydrogen-bond acceptors (Lipinski definition) is 2. The Kier molecular flexibility index (Phi) is 5.29. The highest BCUT2D eigenvalue weighted by molar-refractivity contribution is 6.11. The highest BCUT2D eigenvalue weighted by Crippen LogP contribution is 2.40. The van der Waals surface area contributed by atoms with E-state index in [9.17, 15) is 5.26 Å². The summed E-state index contributed by atoms with van der Waals surface area (Å²) < 4.78 is 4.51. The third-order valence-electron chi connectivity index (χ3n) is 8.34. The summed E-state index contributed by atoms with van der Waals surface area (Å²) in [5, 5.41) is 15.6. The van der Waals surface area contributed by atoms with Gasteiger partial charge < -0.3 is 9.13 Å². The minimum atomic E-state index is 0.620. The number of pyridine rings is 1. The van der Waals surface area contributed by atoms with Crippen LogP contribution in [0, 0.1) is 25.2 Å². The Balaban J connectivity index is 1.57. The van der Waals surface area contributed by atoms with E-state index in [0.717, 1.165) is 44.6 Å².